The summed E-state index contributed by atoms with van der Waals surface area (Å²) in [6.45, 7) is 9.11. The van der Waals surface area contributed by atoms with Crippen molar-refractivity contribution in [2.24, 2.45) is 0 Å². The van der Waals surface area contributed by atoms with Crippen molar-refractivity contribution >= 4 is 66.5 Å². The van der Waals surface area contributed by atoms with Crippen molar-refractivity contribution in [1.82, 2.24) is 4.98 Å². The van der Waals surface area contributed by atoms with E-state index in [0.717, 1.165) is 83.6 Å². The first-order valence-corrected chi connectivity index (χ1v) is 14.7. The van der Waals surface area contributed by atoms with E-state index in [1.165, 1.54) is 5.39 Å². The smallest absolute Gasteiger partial charge is 0.136 e. The summed E-state index contributed by atoms with van der Waals surface area (Å²) < 4.78 is 6.23. The highest BCUT2D eigenvalue weighted by Gasteiger charge is 2.31. The minimum atomic E-state index is 0.838. The monoisotopic (exact) mass is 565 g/mol. The maximum absolute atomic E-state index is 6.23. The summed E-state index contributed by atoms with van der Waals surface area (Å²) in [5.74, 6) is 0.838. The van der Waals surface area contributed by atoms with Crippen LogP contribution in [0, 0.1) is 0 Å². The van der Waals surface area contributed by atoms with Gasteiger partial charge < -0.3 is 9.40 Å². The van der Waals surface area contributed by atoms with Crippen LogP contribution in [0.5, 0.6) is 0 Å². The third kappa shape index (κ3) is 3.58. The lowest BCUT2D eigenvalue weighted by molar-refractivity contribution is 0.669. The van der Waals surface area contributed by atoms with Gasteiger partial charge in [0, 0.05) is 55.2 Å². The van der Waals surface area contributed by atoms with Gasteiger partial charge in [0.25, 0.3) is 0 Å². The van der Waals surface area contributed by atoms with Gasteiger partial charge in [-0.3, -0.25) is 9.80 Å². The molecule has 4 nitrogen and oxygen atoms in total. The maximum Gasteiger partial charge on any atom is 0.136 e. The molecule has 0 fully saturated rings. The van der Waals surface area contributed by atoms with Gasteiger partial charge in [-0.25, -0.2) is 0 Å². The van der Waals surface area contributed by atoms with E-state index in [0.29, 0.717) is 0 Å². The van der Waals surface area contributed by atoms with Gasteiger partial charge in [0.15, 0.2) is 0 Å². The average molecular weight is 566 g/mol. The molecule has 1 aliphatic rings. The molecule has 0 amide bonds. The molecule has 6 aromatic carbocycles. The molecule has 1 aliphatic heterocycles. The molecule has 0 spiro atoms. The number of nitrogens with zero attached hydrogens (tertiary/aromatic N) is 2. The molecule has 1 N–H and O–H groups in total. The molecule has 8 aromatic rings. The summed E-state index contributed by atoms with van der Waals surface area (Å²) in [5, 5.41) is 4.58. The molecule has 44 heavy (non-hydrogen) atoms. The van der Waals surface area contributed by atoms with Crippen LogP contribution in [0.4, 0.5) is 17.1 Å². The Morgan fingerprint density at radius 3 is 1.95 bits per heavy atom. The van der Waals surface area contributed by atoms with Crippen LogP contribution >= 0.6 is 0 Å². The number of para-hydroxylation sites is 3. The minimum Gasteiger partial charge on any atom is -0.456 e. The minimum absolute atomic E-state index is 0.838. The topological polar surface area (TPSA) is 35.4 Å². The standard InChI is InChI=1S/C40H27N3O/c1-25-32-21-28(18-20-38(32)43(30-13-7-4-8-14-30)26(2)42(25)29-11-5-3-6-12-29)27-17-19-36-33(22-27)34-24-40-35(23-37(34)41-36)31-15-9-10-16-39(31)44-40/h3-24,41H,1-2H2. The molecule has 9 rings (SSSR count). The molecule has 0 aliphatic carbocycles. The van der Waals surface area contributed by atoms with Gasteiger partial charge in [0.1, 0.15) is 17.0 Å². The molecule has 0 unspecified atom stereocenters. The van der Waals surface area contributed by atoms with E-state index in [-0.39, 0.29) is 0 Å². The van der Waals surface area contributed by atoms with Crippen molar-refractivity contribution in [1.29, 1.82) is 0 Å². The van der Waals surface area contributed by atoms with E-state index < -0.39 is 0 Å². The van der Waals surface area contributed by atoms with Crippen LogP contribution in [0.1, 0.15) is 5.56 Å². The highest BCUT2D eigenvalue weighted by Crippen LogP contribution is 2.46. The van der Waals surface area contributed by atoms with E-state index in [4.69, 9.17) is 4.42 Å². The van der Waals surface area contributed by atoms with Gasteiger partial charge in [0.05, 0.1) is 5.69 Å². The first-order valence-electron chi connectivity index (χ1n) is 14.7. The Balaban J connectivity index is 1.20. The molecule has 0 bridgehead atoms. The number of aromatic nitrogens is 1. The van der Waals surface area contributed by atoms with Gasteiger partial charge in [-0.05, 0) is 77.9 Å². The van der Waals surface area contributed by atoms with E-state index in [1.54, 1.807) is 0 Å². The number of furan rings is 1. The summed E-state index contributed by atoms with van der Waals surface area (Å²) in [6, 6.07) is 46.6. The number of H-pyrrole nitrogens is 1. The first kappa shape index (κ1) is 24.6. The van der Waals surface area contributed by atoms with E-state index in [1.807, 2.05) is 36.4 Å². The van der Waals surface area contributed by atoms with E-state index in [9.17, 15) is 0 Å². The molecular formula is C40H27N3O. The predicted octanol–water partition coefficient (Wildman–Crippen LogP) is 11.0. The van der Waals surface area contributed by atoms with Crippen LogP contribution in [0.15, 0.2) is 157 Å². The van der Waals surface area contributed by atoms with Crippen molar-refractivity contribution in [3.63, 3.8) is 0 Å². The van der Waals surface area contributed by atoms with Crippen LogP contribution in [0.3, 0.4) is 0 Å². The Hall–Kier alpha value is -6.00. The Bertz CT molecular complexity index is 2430. The third-order valence-corrected chi connectivity index (χ3v) is 8.79. The molecular weight excluding hydrogens is 538 g/mol. The fraction of sp³-hybridized carbons (Fsp3) is 0. The zero-order chi connectivity index (χ0) is 29.4. The van der Waals surface area contributed by atoms with Crippen LogP contribution < -0.4 is 9.80 Å². The van der Waals surface area contributed by atoms with Crippen molar-refractivity contribution in [2.75, 3.05) is 9.80 Å². The largest absolute Gasteiger partial charge is 0.456 e. The average Bonchev–Trinajstić information content (AvgIpc) is 3.61. The number of fused-ring (bicyclic) bond motifs is 7. The molecule has 0 saturated carbocycles. The number of rotatable bonds is 3. The van der Waals surface area contributed by atoms with E-state index >= 15 is 0 Å². The number of benzene rings is 6. The highest BCUT2D eigenvalue weighted by atomic mass is 16.3. The lowest BCUT2D eigenvalue weighted by Gasteiger charge is -2.42. The second-order valence-corrected chi connectivity index (χ2v) is 11.3. The molecule has 208 valence electrons. The van der Waals surface area contributed by atoms with Crippen molar-refractivity contribution < 1.29 is 4.42 Å². The second-order valence-electron chi connectivity index (χ2n) is 11.3. The SMILES string of the molecule is C=C1c2cc(-c3ccc4[nH]c5cc6c(cc5c4c3)oc3ccccc36)ccc2N(c2ccccc2)C(=C)N1c1ccccc1. The fourth-order valence-electron chi connectivity index (χ4n) is 6.70. The Kier molecular flexibility index (Phi) is 5.17. The normalized spacial score (nSPS) is 13.5. The second kappa shape index (κ2) is 9.25. The van der Waals surface area contributed by atoms with Gasteiger partial charge in [0.2, 0.25) is 0 Å². The van der Waals surface area contributed by atoms with Crippen LogP contribution in [-0.2, 0) is 0 Å². The van der Waals surface area contributed by atoms with Crippen molar-refractivity contribution in [3.8, 4) is 11.1 Å². The summed E-state index contributed by atoms with van der Waals surface area (Å²) in [6.07, 6.45) is 0. The molecule has 0 radical (unpaired) electrons. The molecule has 4 heteroatoms. The van der Waals surface area contributed by atoms with Gasteiger partial charge in [-0.1, -0.05) is 79.9 Å². The fourth-order valence-corrected chi connectivity index (χ4v) is 6.70. The number of hydrogen-bond donors (Lipinski definition) is 1. The molecule has 0 saturated heterocycles. The number of nitrogens with one attached hydrogen (secondary N) is 1. The Morgan fingerprint density at radius 1 is 0.500 bits per heavy atom. The summed E-state index contributed by atoms with van der Waals surface area (Å²) >= 11 is 0. The van der Waals surface area contributed by atoms with Crippen molar-refractivity contribution in [2.45, 2.75) is 0 Å². The zero-order valence-corrected chi connectivity index (χ0v) is 23.9. The summed E-state index contributed by atoms with van der Waals surface area (Å²) in [4.78, 5) is 7.98. The van der Waals surface area contributed by atoms with Crippen molar-refractivity contribution in [3.05, 3.63) is 158 Å². The molecule has 3 heterocycles. The lowest BCUT2D eigenvalue weighted by Crippen LogP contribution is -2.35. The van der Waals surface area contributed by atoms with E-state index in [2.05, 4.69) is 125 Å². The van der Waals surface area contributed by atoms with Crippen LogP contribution in [0.25, 0.3) is 60.6 Å². The van der Waals surface area contributed by atoms with Crippen LogP contribution in [0.2, 0.25) is 0 Å². The first-order chi connectivity index (χ1) is 21.6. The number of anilines is 3. The van der Waals surface area contributed by atoms with Gasteiger partial charge in [-0.15, -0.1) is 0 Å². The maximum atomic E-state index is 6.23. The number of hydrogen-bond acceptors (Lipinski definition) is 3. The van der Waals surface area contributed by atoms with Gasteiger partial charge >= 0.3 is 0 Å². The number of aromatic amines is 1. The van der Waals surface area contributed by atoms with Crippen LogP contribution in [-0.4, -0.2) is 4.98 Å². The highest BCUT2D eigenvalue weighted by molar-refractivity contribution is 6.16. The predicted molar refractivity (Wildman–Crippen MR) is 184 cm³/mol. The Labute approximate surface area is 254 Å². The van der Waals surface area contributed by atoms with Gasteiger partial charge in [-0.2, -0.15) is 0 Å². The quantitative estimate of drug-likeness (QED) is 0.231. The zero-order valence-electron chi connectivity index (χ0n) is 23.9. The summed E-state index contributed by atoms with van der Waals surface area (Å²) in [5.41, 5.74) is 11.4. The lowest BCUT2D eigenvalue weighted by atomic mass is 9.96. The molecule has 2 aromatic heterocycles. The summed E-state index contributed by atoms with van der Waals surface area (Å²) in [7, 11) is 0. The molecule has 0 atom stereocenters. The Morgan fingerprint density at radius 2 is 1.16 bits per heavy atom. The third-order valence-electron chi connectivity index (χ3n) is 8.79.